The molecule has 3 aromatic rings. The van der Waals surface area contributed by atoms with E-state index in [1.165, 1.54) is 0 Å². The molecule has 20 heavy (non-hydrogen) atoms. The molecule has 0 saturated carbocycles. The molecule has 0 saturated heterocycles. The number of fused-ring (bicyclic) bond motifs is 1. The highest BCUT2D eigenvalue weighted by Crippen LogP contribution is 2.27. The van der Waals surface area contributed by atoms with Crippen molar-refractivity contribution in [2.45, 2.75) is 13.0 Å². The Bertz CT molecular complexity index is 752. The second kappa shape index (κ2) is 5.09. The molecule has 6 heteroatoms. The Morgan fingerprint density at radius 2 is 2.15 bits per heavy atom. The van der Waals surface area contributed by atoms with Gasteiger partial charge in [0.15, 0.2) is 5.82 Å². The van der Waals surface area contributed by atoms with Crippen LogP contribution in [0.15, 0.2) is 36.8 Å². The molecule has 1 aromatic carbocycles. The first-order chi connectivity index (χ1) is 9.65. The lowest BCUT2D eigenvalue weighted by Crippen LogP contribution is -2.12. The van der Waals surface area contributed by atoms with E-state index in [4.69, 9.17) is 11.6 Å². The number of pyridine rings is 1. The highest BCUT2D eigenvalue weighted by Gasteiger charge is 2.12. The van der Waals surface area contributed by atoms with Crippen LogP contribution in [0.4, 0.5) is 5.69 Å². The summed E-state index contributed by atoms with van der Waals surface area (Å²) in [5, 5.41) is 13.2. The van der Waals surface area contributed by atoms with Gasteiger partial charge in [0.2, 0.25) is 0 Å². The van der Waals surface area contributed by atoms with Gasteiger partial charge < -0.3 is 9.88 Å². The van der Waals surface area contributed by atoms with E-state index >= 15 is 0 Å². The first kappa shape index (κ1) is 12.9. The van der Waals surface area contributed by atoms with Crippen LogP contribution in [0.3, 0.4) is 0 Å². The van der Waals surface area contributed by atoms with Gasteiger partial charge in [0.1, 0.15) is 6.33 Å². The van der Waals surface area contributed by atoms with Crippen molar-refractivity contribution in [2.75, 3.05) is 5.32 Å². The lowest BCUT2D eigenvalue weighted by molar-refractivity contribution is 0.720. The molecule has 0 aliphatic carbocycles. The standard InChI is InChI=1S/C14H14ClN5/c1-9(14-19-17-8-20(14)2)18-12-5-6-16-13-7-10(15)3-4-11(12)13/h3-9H,1-2H3,(H,16,18). The quantitative estimate of drug-likeness (QED) is 0.804. The molecule has 2 heterocycles. The summed E-state index contributed by atoms with van der Waals surface area (Å²) in [5.74, 6) is 0.879. The fourth-order valence-electron chi connectivity index (χ4n) is 2.23. The molecule has 0 radical (unpaired) electrons. The van der Waals surface area contributed by atoms with Crippen molar-refractivity contribution < 1.29 is 0 Å². The van der Waals surface area contributed by atoms with E-state index in [-0.39, 0.29) is 6.04 Å². The second-order valence-electron chi connectivity index (χ2n) is 4.69. The van der Waals surface area contributed by atoms with E-state index < -0.39 is 0 Å². The van der Waals surface area contributed by atoms with E-state index in [1.54, 1.807) is 12.5 Å². The van der Waals surface area contributed by atoms with Crippen LogP contribution in [-0.4, -0.2) is 19.7 Å². The molecule has 0 aliphatic rings. The smallest absolute Gasteiger partial charge is 0.154 e. The Hall–Kier alpha value is -2.14. The fourth-order valence-corrected chi connectivity index (χ4v) is 2.40. The normalized spacial score (nSPS) is 12.6. The summed E-state index contributed by atoms with van der Waals surface area (Å²) in [5.41, 5.74) is 1.87. The van der Waals surface area contributed by atoms with Crippen LogP contribution >= 0.6 is 11.6 Å². The van der Waals surface area contributed by atoms with E-state index in [2.05, 4.69) is 20.5 Å². The van der Waals surface area contributed by atoms with Gasteiger partial charge in [-0.25, -0.2) is 0 Å². The lowest BCUT2D eigenvalue weighted by atomic mass is 10.1. The van der Waals surface area contributed by atoms with Gasteiger partial charge in [-0.3, -0.25) is 4.98 Å². The Morgan fingerprint density at radius 1 is 1.30 bits per heavy atom. The van der Waals surface area contributed by atoms with Crippen molar-refractivity contribution >= 4 is 28.2 Å². The van der Waals surface area contributed by atoms with Gasteiger partial charge in [0, 0.05) is 29.3 Å². The molecule has 102 valence electrons. The number of rotatable bonds is 3. The van der Waals surface area contributed by atoms with Crippen molar-refractivity contribution in [3.8, 4) is 0 Å². The summed E-state index contributed by atoms with van der Waals surface area (Å²) in [6, 6.07) is 7.68. The highest BCUT2D eigenvalue weighted by atomic mass is 35.5. The average molecular weight is 288 g/mol. The van der Waals surface area contributed by atoms with E-state index in [0.717, 1.165) is 22.4 Å². The maximum Gasteiger partial charge on any atom is 0.154 e. The number of hydrogen-bond acceptors (Lipinski definition) is 4. The number of hydrogen-bond donors (Lipinski definition) is 1. The van der Waals surface area contributed by atoms with Crippen molar-refractivity contribution in [1.82, 2.24) is 19.7 Å². The Balaban J connectivity index is 1.97. The molecule has 0 aliphatic heterocycles. The highest BCUT2D eigenvalue weighted by molar-refractivity contribution is 6.31. The minimum absolute atomic E-state index is 0.0452. The van der Waals surface area contributed by atoms with Crippen molar-refractivity contribution in [2.24, 2.45) is 7.05 Å². The zero-order chi connectivity index (χ0) is 14.1. The number of nitrogens with one attached hydrogen (secondary N) is 1. The van der Waals surface area contributed by atoms with Gasteiger partial charge in [-0.15, -0.1) is 10.2 Å². The predicted molar refractivity (Wildman–Crippen MR) is 79.8 cm³/mol. The topological polar surface area (TPSA) is 55.6 Å². The van der Waals surface area contributed by atoms with Crippen LogP contribution in [0.5, 0.6) is 0 Å². The summed E-state index contributed by atoms with van der Waals surface area (Å²) in [7, 11) is 1.93. The zero-order valence-corrected chi connectivity index (χ0v) is 12.0. The lowest BCUT2D eigenvalue weighted by Gasteiger charge is -2.15. The Labute approximate surface area is 121 Å². The monoisotopic (exact) mass is 287 g/mol. The van der Waals surface area contributed by atoms with Crippen LogP contribution in [-0.2, 0) is 7.05 Å². The maximum absolute atomic E-state index is 6.00. The molecule has 1 N–H and O–H groups in total. The Kier molecular flexibility index (Phi) is 3.28. The molecule has 0 fully saturated rings. The van der Waals surface area contributed by atoms with Crippen molar-refractivity contribution in [3.05, 3.63) is 47.6 Å². The maximum atomic E-state index is 6.00. The van der Waals surface area contributed by atoms with Crippen LogP contribution in [0.2, 0.25) is 5.02 Å². The van der Waals surface area contributed by atoms with Gasteiger partial charge in [0.25, 0.3) is 0 Å². The van der Waals surface area contributed by atoms with Crippen LogP contribution in [0, 0.1) is 0 Å². The number of benzene rings is 1. The molecule has 0 spiro atoms. The van der Waals surface area contributed by atoms with Crippen molar-refractivity contribution in [1.29, 1.82) is 0 Å². The number of aromatic nitrogens is 4. The fraction of sp³-hybridized carbons (Fsp3) is 0.214. The second-order valence-corrected chi connectivity index (χ2v) is 5.12. The molecule has 1 unspecified atom stereocenters. The van der Waals surface area contributed by atoms with Gasteiger partial charge >= 0.3 is 0 Å². The summed E-state index contributed by atoms with van der Waals surface area (Å²) in [4.78, 5) is 4.33. The van der Waals surface area contributed by atoms with Gasteiger partial charge in [-0.2, -0.15) is 0 Å². The number of anilines is 1. The predicted octanol–water partition coefficient (Wildman–Crippen LogP) is 3.19. The first-order valence-corrected chi connectivity index (χ1v) is 6.67. The van der Waals surface area contributed by atoms with E-state index in [9.17, 15) is 0 Å². The third-order valence-corrected chi connectivity index (χ3v) is 3.45. The largest absolute Gasteiger partial charge is 0.375 e. The van der Waals surface area contributed by atoms with Gasteiger partial charge in [-0.1, -0.05) is 11.6 Å². The summed E-state index contributed by atoms with van der Waals surface area (Å²) in [6.07, 6.45) is 3.46. The molecular weight excluding hydrogens is 274 g/mol. The SMILES string of the molecule is CC(Nc1ccnc2cc(Cl)ccc12)c1nncn1C. The number of nitrogens with zero attached hydrogens (tertiary/aromatic N) is 4. The van der Waals surface area contributed by atoms with E-state index in [1.807, 2.05) is 42.8 Å². The molecule has 5 nitrogen and oxygen atoms in total. The molecular formula is C14H14ClN5. The van der Waals surface area contributed by atoms with Crippen LogP contribution < -0.4 is 5.32 Å². The van der Waals surface area contributed by atoms with Gasteiger partial charge in [0.05, 0.1) is 11.6 Å². The van der Waals surface area contributed by atoms with Gasteiger partial charge in [-0.05, 0) is 31.2 Å². The average Bonchev–Trinajstić information content (AvgIpc) is 2.85. The van der Waals surface area contributed by atoms with Crippen molar-refractivity contribution in [3.63, 3.8) is 0 Å². The molecule has 0 amide bonds. The third-order valence-electron chi connectivity index (χ3n) is 3.21. The zero-order valence-electron chi connectivity index (χ0n) is 11.2. The minimum atomic E-state index is 0.0452. The van der Waals surface area contributed by atoms with E-state index in [0.29, 0.717) is 5.02 Å². The third kappa shape index (κ3) is 2.32. The molecule has 3 rings (SSSR count). The summed E-state index contributed by atoms with van der Waals surface area (Å²) >= 11 is 6.00. The number of aryl methyl sites for hydroxylation is 1. The van der Waals surface area contributed by atoms with Crippen LogP contribution in [0.1, 0.15) is 18.8 Å². The van der Waals surface area contributed by atoms with Crippen LogP contribution in [0.25, 0.3) is 10.9 Å². The minimum Gasteiger partial charge on any atom is -0.375 e. The summed E-state index contributed by atoms with van der Waals surface area (Å²) in [6.45, 7) is 2.05. The molecule has 0 bridgehead atoms. The molecule has 1 atom stereocenters. The summed E-state index contributed by atoms with van der Waals surface area (Å²) < 4.78 is 1.90. The first-order valence-electron chi connectivity index (χ1n) is 6.30. The Morgan fingerprint density at radius 3 is 2.90 bits per heavy atom. The number of halogens is 1. The molecule has 2 aromatic heterocycles.